The van der Waals surface area contributed by atoms with Crippen LogP contribution in [0.1, 0.15) is 56.2 Å². The third kappa shape index (κ3) is 7.01. The number of rotatable bonds is 9. The Morgan fingerprint density at radius 2 is 1.40 bits per heavy atom. The van der Waals surface area contributed by atoms with E-state index in [2.05, 4.69) is 5.32 Å². The molecule has 0 spiro atoms. The fraction of sp³-hybridized carbons (Fsp3) is 0.188. The van der Waals surface area contributed by atoms with E-state index in [-0.39, 0.29) is 17.9 Å². The summed E-state index contributed by atoms with van der Waals surface area (Å²) in [6.07, 6.45) is -1.37. The number of carboxylic acids is 1. The first-order valence-corrected chi connectivity index (χ1v) is 14.4. The molecule has 1 heterocycles. The molecular formula is C32H24F5NO6S. The molecule has 1 aliphatic rings. The van der Waals surface area contributed by atoms with Crippen LogP contribution in [0.4, 0.5) is 27.6 Å². The molecule has 7 nitrogen and oxygen atoms in total. The number of aliphatic hydroxyl groups is 1. The minimum absolute atomic E-state index is 0.00275. The van der Waals surface area contributed by atoms with Crippen molar-refractivity contribution in [1.29, 1.82) is 0 Å². The molecule has 0 aliphatic carbocycles. The van der Waals surface area contributed by atoms with E-state index in [4.69, 9.17) is 9.47 Å². The van der Waals surface area contributed by atoms with Gasteiger partial charge in [0, 0.05) is 28.3 Å². The molecule has 4 aromatic carbocycles. The minimum Gasteiger partial charge on any atom is -0.478 e. The molecule has 0 bridgehead atoms. The van der Waals surface area contributed by atoms with Crippen molar-refractivity contribution < 1.29 is 51.2 Å². The average molecular weight is 646 g/mol. The standard InChI is InChI=1S/C32H24F5NO6S/c33-25-24(26(34)28(36)29(37)27(25)35)30(40)38-19-11-9-18(10-12-19)32-43-20(15-45-23-4-2-1-3-21(23)31(41)42)13-22(44-32)17-7-5-16(14-39)6-8-17/h1-12,20,22,32,39H,13-15H2,(H,38,40)(H,41,42)/t20-,22+,32+/m0/s1. The lowest BCUT2D eigenvalue weighted by Gasteiger charge is -2.36. The summed E-state index contributed by atoms with van der Waals surface area (Å²) in [6.45, 7) is -0.132. The molecule has 0 aromatic heterocycles. The summed E-state index contributed by atoms with van der Waals surface area (Å²) in [5, 5.41) is 21.1. The number of hydrogen-bond donors (Lipinski definition) is 3. The van der Waals surface area contributed by atoms with Gasteiger partial charge in [-0.3, -0.25) is 4.79 Å². The Labute approximate surface area is 257 Å². The van der Waals surface area contributed by atoms with Crippen LogP contribution < -0.4 is 5.32 Å². The number of nitrogens with one attached hydrogen (secondary N) is 1. The highest BCUT2D eigenvalue weighted by Crippen LogP contribution is 2.40. The van der Waals surface area contributed by atoms with Crippen LogP contribution in [0.2, 0.25) is 0 Å². The van der Waals surface area contributed by atoms with Crippen molar-refractivity contribution in [3.8, 4) is 0 Å². The van der Waals surface area contributed by atoms with Crippen LogP contribution in [0.3, 0.4) is 0 Å². The topological polar surface area (TPSA) is 105 Å². The predicted octanol–water partition coefficient (Wildman–Crippen LogP) is 7.16. The molecule has 4 aromatic rings. The Bertz CT molecular complexity index is 1690. The van der Waals surface area contributed by atoms with Crippen molar-refractivity contribution >= 4 is 29.3 Å². The fourth-order valence-corrected chi connectivity index (χ4v) is 5.76. The molecule has 13 heteroatoms. The van der Waals surface area contributed by atoms with Gasteiger partial charge in [-0.25, -0.2) is 26.7 Å². The maximum atomic E-state index is 14.1. The van der Waals surface area contributed by atoms with Crippen LogP contribution in [0.5, 0.6) is 0 Å². The normalized spacial score (nSPS) is 18.0. The predicted molar refractivity (Wildman–Crippen MR) is 153 cm³/mol. The number of benzene rings is 4. The van der Waals surface area contributed by atoms with Gasteiger partial charge in [-0.2, -0.15) is 0 Å². The lowest BCUT2D eigenvalue weighted by molar-refractivity contribution is -0.245. The molecule has 45 heavy (non-hydrogen) atoms. The number of aromatic carboxylic acids is 1. The third-order valence-electron chi connectivity index (χ3n) is 7.03. The summed E-state index contributed by atoms with van der Waals surface area (Å²) in [6, 6.07) is 19.4. The minimum atomic E-state index is -2.37. The number of carbonyl (C=O) groups excluding carboxylic acids is 1. The zero-order chi connectivity index (χ0) is 32.2. The van der Waals surface area contributed by atoms with Crippen molar-refractivity contribution in [2.75, 3.05) is 11.1 Å². The van der Waals surface area contributed by atoms with E-state index in [1.165, 1.54) is 42.1 Å². The molecule has 1 amide bonds. The van der Waals surface area contributed by atoms with Gasteiger partial charge in [-0.1, -0.05) is 48.5 Å². The summed E-state index contributed by atoms with van der Waals surface area (Å²) in [5.74, 6) is -13.6. The van der Waals surface area contributed by atoms with Crippen molar-refractivity contribution in [3.63, 3.8) is 0 Å². The van der Waals surface area contributed by atoms with Crippen molar-refractivity contribution in [2.24, 2.45) is 0 Å². The number of carbonyl (C=O) groups is 2. The first-order chi connectivity index (χ1) is 21.6. The summed E-state index contributed by atoms with van der Waals surface area (Å²) in [7, 11) is 0. The maximum absolute atomic E-state index is 14.1. The Balaban J connectivity index is 1.35. The number of thioether (sulfide) groups is 1. The molecule has 3 atom stereocenters. The molecule has 3 N–H and O–H groups in total. The number of carboxylic acid groups (broad SMARTS) is 1. The number of ether oxygens (including phenoxy) is 2. The van der Waals surface area contributed by atoms with Gasteiger partial charge < -0.3 is 25.0 Å². The van der Waals surface area contributed by atoms with Crippen LogP contribution in [-0.2, 0) is 16.1 Å². The second-order valence-corrected chi connectivity index (χ2v) is 11.0. The SMILES string of the molecule is O=C(O)c1ccccc1SC[C@@H]1C[C@H](c2ccc(CO)cc2)O[C@H](c2ccc(NC(=O)c3c(F)c(F)c(F)c(F)c3F)cc2)O1. The second-order valence-electron chi connectivity index (χ2n) is 9.98. The Morgan fingerprint density at radius 1 is 0.800 bits per heavy atom. The molecule has 0 unspecified atom stereocenters. The highest BCUT2D eigenvalue weighted by Gasteiger charge is 2.33. The van der Waals surface area contributed by atoms with Gasteiger partial charge >= 0.3 is 5.97 Å². The van der Waals surface area contributed by atoms with E-state index in [0.717, 1.165) is 5.56 Å². The smallest absolute Gasteiger partial charge is 0.336 e. The van der Waals surface area contributed by atoms with E-state index in [9.17, 15) is 41.8 Å². The Hall–Kier alpha value is -4.30. The summed E-state index contributed by atoms with van der Waals surface area (Å²) in [5.41, 5.74) is 0.551. The lowest BCUT2D eigenvalue weighted by atomic mass is 10.0. The van der Waals surface area contributed by atoms with E-state index < -0.39 is 65.0 Å². The van der Waals surface area contributed by atoms with Crippen LogP contribution in [0.25, 0.3) is 0 Å². The molecular weight excluding hydrogens is 621 g/mol. The van der Waals surface area contributed by atoms with E-state index >= 15 is 0 Å². The maximum Gasteiger partial charge on any atom is 0.336 e. The van der Waals surface area contributed by atoms with Crippen molar-refractivity contribution in [2.45, 2.75) is 36.4 Å². The van der Waals surface area contributed by atoms with Crippen LogP contribution in [-0.4, -0.2) is 33.9 Å². The number of hydrogen-bond acceptors (Lipinski definition) is 6. The molecule has 1 aliphatic heterocycles. The fourth-order valence-electron chi connectivity index (χ4n) is 4.70. The molecule has 5 rings (SSSR count). The zero-order valence-corrected chi connectivity index (χ0v) is 23.9. The first-order valence-electron chi connectivity index (χ1n) is 13.5. The highest BCUT2D eigenvalue weighted by atomic mass is 32.2. The van der Waals surface area contributed by atoms with Gasteiger partial charge in [0.25, 0.3) is 5.91 Å². The number of amides is 1. The molecule has 0 radical (unpaired) electrons. The monoisotopic (exact) mass is 645 g/mol. The highest BCUT2D eigenvalue weighted by molar-refractivity contribution is 7.99. The summed E-state index contributed by atoms with van der Waals surface area (Å²) < 4.78 is 81.2. The number of aliphatic hydroxyl groups excluding tert-OH is 1. The third-order valence-corrected chi connectivity index (χ3v) is 8.24. The summed E-state index contributed by atoms with van der Waals surface area (Å²) in [4.78, 5) is 24.7. The van der Waals surface area contributed by atoms with Gasteiger partial charge in [0.2, 0.25) is 5.82 Å². The van der Waals surface area contributed by atoms with Crippen LogP contribution >= 0.6 is 11.8 Å². The van der Waals surface area contributed by atoms with E-state index in [0.29, 0.717) is 28.2 Å². The number of anilines is 1. The number of halogens is 5. The second kappa shape index (κ2) is 13.8. The summed E-state index contributed by atoms with van der Waals surface area (Å²) >= 11 is 1.31. The Kier molecular flexibility index (Phi) is 9.83. The zero-order valence-electron chi connectivity index (χ0n) is 23.1. The first kappa shape index (κ1) is 32.1. The molecule has 1 fully saturated rings. The van der Waals surface area contributed by atoms with E-state index in [1.807, 2.05) is 12.1 Å². The quantitative estimate of drug-likeness (QED) is 0.0768. The molecule has 0 saturated carbocycles. The van der Waals surface area contributed by atoms with Gasteiger partial charge in [-0.05, 0) is 35.4 Å². The molecule has 1 saturated heterocycles. The van der Waals surface area contributed by atoms with Crippen molar-refractivity contribution in [1.82, 2.24) is 0 Å². The van der Waals surface area contributed by atoms with E-state index in [1.54, 1.807) is 30.3 Å². The van der Waals surface area contributed by atoms with Crippen LogP contribution in [0.15, 0.2) is 77.7 Å². The van der Waals surface area contributed by atoms with Gasteiger partial charge in [0.15, 0.2) is 29.6 Å². The Morgan fingerprint density at radius 3 is 2.02 bits per heavy atom. The van der Waals surface area contributed by atoms with Gasteiger partial charge in [0.1, 0.15) is 5.56 Å². The lowest BCUT2D eigenvalue weighted by Crippen LogP contribution is -2.31. The molecule has 234 valence electrons. The van der Waals surface area contributed by atoms with Crippen molar-refractivity contribution in [3.05, 3.63) is 130 Å². The van der Waals surface area contributed by atoms with Gasteiger partial charge in [-0.15, -0.1) is 11.8 Å². The average Bonchev–Trinajstić information content (AvgIpc) is 3.06. The van der Waals surface area contributed by atoms with Gasteiger partial charge in [0.05, 0.1) is 24.4 Å². The van der Waals surface area contributed by atoms with Crippen LogP contribution in [0, 0.1) is 29.1 Å². The largest absolute Gasteiger partial charge is 0.478 e.